The van der Waals surface area contributed by atoms with Gasteiger partial charge >= 0.3 is 19.8 Å². The van der Waals surface area contributed by atoms with Gasteiger partial charge in [0.2, 0.25) is 6.29 Å². The van der Waals surface area contributed by atoms with Gasteiger partial charge in [-0.25, -0.2) is 9.09 Å². The smallest absolute Gasteiger partial charge is 0.456 e. The molecule has 0 aromatic carbocycles. The van der Waals surface area contributed by atoms with Crippen molar-refractivity contribution in [3.63, 3.8) is 0 Å². The quantitative estimate of drug-likeness (QED) is 0.0227. The van der Waals surface area contributed by atoms with E-state index < -0.39 is 32.2 Å². The van der Waals surface area contributed by atoms with Crippen LogP contribution >= 0.6 is 7.82 Å². The zero-order valence-electron chi connectivity index (χ0n) is 29.9. The van der Waals surface area contributed by atoms with Gasteiger partial charge in [-0.2, -0.15) is 0 Å². The van der Waals surface area contributed by atoms with Crippen molar-refractivity contribution >= 4 is 19.8 Å². The summed E-state index contributed by atoms with van der Waals surface area (Å²) in [7, 11) is -4.96. The van der Waals surface area contributed by atoms with Gasteiger partial charge in [0.1, 0.15) is 0 Å². The van der Waals surface area contributed by atoms with Crippen LogP contribution in [0.3, 0.4) is 0 Å². The summed E-state index contributed by atoms with van der Waals surface area (Å²) >= 11 is 0. The number of hydrogen-bond donors (Lipinski definition) is 2. The number of unbranched alkanes of at least 4 members (excludes halogenated alkanes) is 23. The van der Waals surface area contributed by atoms with Gasteiger partial charge in [0.25, 0.3) is 0 Å². The van der Waals surface area contributed by atoms with E-state index in [1.807, 2.05) is 0 Å². The summed E-state index contributed by atoms with van der Waals surface area (Å²) in [4.78, 5) is 43.3. The largest absolute Gasteiger partial charge is 0.472 e. The van der Waals surface area contributed by atoms with Gasteiger partial charge < -0.3 is 19.3 Å². The molecule has 46 heavy (non-hydrogen) atoms. The first-order chi connectivity index (χ1) is 22.2. The first kappa shape index (κ1) is 44.8. The molecule has 0 radical (unpaired) electrons. The highest BCUT2D eigenvalue weighted by Crippen LogP contribution is 2.39. The third-order valence-corrected chi connectivity index (χ3v) is 8.80. The predicted octanol–water partition coefficient (Wildman–Crippen LogP) is 11.4. The van der Waals surface area contributed by atoms with Crippen LogP contribution in [0.5, 0.6) is 0 Å². The van der Waals surface area contributed by atoms with Gasteiger partial charge in [-0.1, -0.05) is 154 Å². The Kier molecular flexibility index (Phi) is 31.5. The van der Waals surface area contributed by atoms with Crippen LogP contribution < -0.4 is 0 Å². The molecule has 0 aromatic heterocycles. The number of phosphoric ester groups is 1. The highest BCUT2D eigenvalue weighted by Gasteiger charge is 2.32. The van der Waals surface area contributed by atoms with E-state index in [1.54, 1.807) is 0 Å². The van der Waals surface area contributed by atoms with Crippen LogP contribution in [-0.2, 0) is 28.2 Å². The number of esters is 2. The zero-order chi connectivity index (χ0) is 34.1. The molecule has 1 unspecified atom stereocenters. The summed E-state index contributed by atoms with van der Waals surface area (Å²) < 4.78 is 26.6. The highest BCUT2D eigenvalue weighted by molar-refractivity contribution is 7.46. The first-order valence-corrected chi connectivity index (χ1v) is 20.5. The summed E-state index contributed by atoms with van der Waals surface area (Å²) in [5.41, 5.74) is 0. The maximum Gasteiger partial charge on any atom is 0.472 e. The Morgan fingerprint density at radius 1 is 0.543 bits per heavy atom. The molecule has 0 saturated carbocycles. The normalized spacial score (nSPS) is 13.2. The molecule has 0 bridgehead atoms. The summed E-state index contributed by atoms with van der Waals surface area (Å²) in [5, 5.41) is 0. The maximum absolute atomic E-state index is 12.4. The lowest BCUT2D eigenvalue weighted by molar-refractivity contribution is -0.193. The third kappa shape index (κ3) is 32.7. The lowest BCUT2D eigenvalue weighted by Crippen LogP contribution is -2.34. The Labute approximate surface area is 282 Å². The summed E-state index contributed by atoms with van der Waals surface area (Å²) in [6, 6.07) is 0. The van der Waals surface area contributed by atoms with Gasteiger partial charge in [-0.05, 0) is 45.4 Å². The van der Waals surface area contributed by atoms with Crippen LogP contribution in [-0.4, -0.2) is 34.1 Å². The lowest BCUT2D eigenvalue weighted by atomic mass is 10.0. The van der Waals surface area contributed by atoms with Gasteiger partial charge in [0.05, 0.1) is 0 Å². The van der Waals surface area contributed by atoms with Crippen LogP contribution in [0.1, 0.15) is 201 Å². The molecule has 0 aliphatic carbocycles. The van der Waals surface area contributed by atoms with Crippen molar-refractivity contribution in [1.82, 2.24) is 0 Å². The molecule has 2 atom stereocenters. The SMILES string of the molecule is CCCCCCCC/C=C\CCCCCCCC(=O)O[C@H](C)C(OC(=O)CCCCCCCCCCCCCCC)OP(=O)(O)O. The first-order valence-electron chi connectivity index (χ1n) is 19.0. The molecule has 0 aliphatic heterocycles. The van der Waals surface area contributed by atoms with Crippen molar-refractivity contribution in [3.8, 4) is 0 Å². The van der Waals surface area contributed by atoms with Crippen LogP contribution in [0.2, 0.25) is 0 Å². The molecule has 0 aliphatic rings. The van der Waals surface area contributed by atoms with E-state index in [-0.39, 0.29) is 12.8 Å². The van der Waals surface area contributed by atoms with E-state index in [1.165, 1.54) is 110 Å². The minimum absolute atomic E-state index is 0.119. The number of hydrogen-bond acceptors (Lipinski definition) is 6. The van der Waals surface area contributed by atoms with E-state index in [0.717, 1.165) is 51.4 Å². The van der Waals surface area contributed by atoms with Crippen molar-refractivity contribution in [3.05, 3.63) is 12.2 Å². The molecule has 0 aromatic rings. The van der Waals surface area contributed by atoms with Gasteiger partial charge in [-0.3, -0.25) is 9.59 Å². The standard InChI is InChI=1S/C37H71O8P/c1-4-6-8-10-12-14-16-18-19-21-23-24-26-28-30-32-35(38)43-34(3)37(45-46(40,41)42)44-36(39)33-31-29-27-25-22-20-17-15-13-11-9-7-5-2/h18-19,34,37H,4-17,20-33H2,1-3H3,(H2,40,41,42)/b19-18-/t34-,37?/m1/s1. The number of carbonyl (C=O) groups excluding carboxylic acids is 2. The molecule has 0 heterocycles. The zero-order valence-corrected chi connectivity index (χ0v) is 30.8. The number of rotatable bonds is 34. The fourth-order valence-corrected chi connectivity index (χ4v) is 5.96. The third-order valence-electron chi connectivity index (χ3n) is 8.32. The monoisotopic (exact) mass is 674 g/mol. The van der Waals surface area contributed by atoms with E-state index in [9.17, 15) is 23.9 Å². The van der Waals surface area contributed by atoms with Gasteiger partial charge in [0.15, 0.2) is 6.10 Å². The van der Waals surface area contributed by atoms with Crippen molar-refractivity contribution in [2.75, 3.05) is 0 Å². The number of allylic oxidation sites excluding steroid dienone is 2. The van der Waals surface area contributed by atoms with Crippen molar-refractivity contribution in [2.45, 2.75) is 213 Å². The number of phosphoric acid groups is 1. The minimum atomic E-state index is -4.96. The Bertz CT molecular complexity index is 781. The van der Waals surface area contributed by atoms with E-state index in [4.69, 9.17) is 9.47 Å². The molecular weight excluding hydrogens is 603 g/mol. The van der Waals surface area contributed by atoms with Crippen LogP contribution in [0.25, 0.3) is 0 Å². The minimum Gasteiger partial charge on any atom is -0.456 e. The second kappa shape index (κ2) is 32.3. The van der Waals surface area contributed by atoms with Crippen LogP contribution in [0.15, 0.2) is 12.2 Å². The topological polar surface area (TPSA) is 119 Å². The lowest BCUT2D eigenvalue weighted by Gasteiger charge is -2.24. The van der Waals surface area contributed by atoms with Crippen LogP contribution in [0, 0.1) is 0 Å². The molecular formula is C37H71O8P. The molecule has 272 valence electrons. The summed E-state index contributed by atoms with van der Waals surface area (Å²) in [6.07, 6.45) is 32.6. The second-order valence-electron chi connectivity index (χ2n) is 13.0. The van der Waals surface area contributed by atoms with Gasteiger partial charge in [0, 0.05) is 12.8 Å². The fourth-order valence-electron chi connectivity index (χ4n) is 5.48. The fraction of sp³-hybridized carbons (Fsp3) is 0.892. The van der Waals surface area contributed by atoms with Crippen molar-refractivity contribution < 1.29 is 37.9 Å². The Balaban J connectivity index is 4.02. The molecule has 0 spiro atoms. The number of carbonyl (C=O) groups is 2. The maximum atomic E-state index is 12.4. The molecule has 0 fully saturated rings. The average molecular weight is 675 g/mol. The molecule has 2 N–H and O–H groups in total. The van der Waals surface area contributed by atoms with Gasteiger partial charge in [-0.15, -0.1) is 0 Å². The molecule has 9 heteroatoms. The summed E-state index contributed by atoms with van der Waals surface area (Å²) in [6.45, 7) is 5.89. The van der Waals surface area contributed by atoms with E-state index in [2.05, 4.69) is 30.5 Å². The highest BCUT2D eigenvalue weighted by atomic mass is 31.2. The predicted molar refractivity (Wildman–Crippen MR) is 188 cm³/mol. The average Bonchev–Trinajstić information content (AvgIpc) is 3.00. The molecule has 0 rings (SSSR count). The Hall–Kier alpha value is -1.21. The number of ether oxygens (including phenoxy) is 2. The Morgan fingerprint density at radius 3 is 1.24 bits per heavy atom. The Morgan fingerprint density at radius 2 is 0.870 bits per heavy atom. The molecule has 0 saturated heterocycles. The van der Waals surface area contributed by atoms with E-state index in [0.29, 0.717) is 12.8 Å². The molecule has 0 amide bonds. The van der Waals surface area contributed by atoms with Crippen LogP contribution in [0.4, 0.5) is 0 Å². The van der Waals surface area contributed by atoms with Crippen molar-refractivity contribution in [2.24, 2.45) is 0 Å². The van der Waals surface area contributed by atoms with E-state index >= 15 is 0 Å². The van der Waals surface area contributed by atoms with Crippen molar-refractivity contribution in [1.29, 1.82) is 0 Å². The second-order valence-corrected chi connectivity index (χ2v) is 14.2. The summed E-state index contributed by atoms with van der Waals surface area (Å²) in [5.74, 6) is -1.13. The molecule has 8 nitrogen and oxygen atoms in total.